The lowest BCUT2D eigenvalue weighted by molar-refractivity contribution is 0.0948. The molecule has 0 aliphatic carbocycles. The number of carbonyl (C=O) groups is 1. The van der Waals surface area contributed by atoms with Crippen molar-refractivity contribution in [2.75, 3.05) is 31.2 Å². The number of nitrogens with one attached hydrogen (secondary N) is 2. The molecule has 1 aromatic carbocycles. The molecule has 8 nitrogen and oxygen atoms in total. The van der Waals surface area contributed by atoms with E-state index in [0.29, 0.717) is 31.4 Å². The molecule has 1 aromatic heterocycles. The number of aromatic nitrogens is 1. The van der Waals surface area contributed by atoms with Crippen molar-refractivity contribution >= 4 is 32.4 Å². The van der Waals surface area contributed by atoms with Crippen LogP contribution in [0.4, 0.5) is 27.1 Å². The summed E-state index contributed by atoms with van der Waals surface area (Å²) in [4.78, 5) is 17.5. The minimum Gasteiger partial charge on any atom is -0.378 e. The molecule has 1 aliphatic rings. The highest BCUT2D eigenvalue weighted by atomic mass is 32.2. The number of hydrogen-bond donors (Lipinski definition) is 2. The Morgan fingerprint density at radius 1 is 1.03 bits per heavy atom. The van der Waals surface area contributed by atoms with Crippen LogP contribution in [-0.2, 0) is 14.8 Å². The Morgan fingerprint density at radius 3 is 2.13 bits per heavy atom. The van der Waals surface area contributed by atoms with Gasteiger partial charge in [0.15, 0.2) is 33.3 Å². The van der Waals surface area contributed by atoms with Gasteiger partial charge in [0.05, 0.1) is 18.9 Å². The van der Waals surface area contributed by atoms with Gasteiger partial charge in [-0.15, -0.1) is 4.83 Å². The molecule has 1 saturated heterocycles. The number of aryl methyl sites for hydroxylation is 1. The monoisotopic (exact) mass is 472 g/mol. The van der Waals surface area contributed by atoms with Gasteiger partial charge in [-0.1, -0.05) is 11.3 Å². The fraction of sp³-hybridized carbons (Fsp3) is 0.333. The first-order valence-electron chi connectivity index (χ1n) is 8.18. The summed E-state index contributed by atoms with van der Waals surface area (Å²) in [5.41, 5.74) is 1.93. The van der Waals surface area contributed by atoms with Crippen LogP contribution in [0.15, 0.2) is 4.90 Å². The first-order valence-corrected chi connectivity index (χ1v) is 10.5. The van der Waals surface area contributed by atoms with Crippen molar-refractivity contribution in [1.29, 1.82) is 0 Å². The van der Waals surface area contributed by atoms with E-state index in [1.54, 1.807) is 5.43 Å². The number of amides is 1. The number of hydrogen-bond acceptors (Lipinski definition) is 7. The van der Waals surface area contributed by atoms with Crippen LogP contribution >= 0.6 is 11.3 Å². The highest BCUT2D eigenvalue weighted by Gasteiger charge is 2.34. The number of sulfonamides is 1. The van der Waals surface area contributed by atoms with E-state index in [4.69, 9.17) is 4.74 Å². The van der Waals surface area contributed by atoms with E-state index in [2.05, 4.69) is 4.98 Å². The average Bonchev–Trinajstić information content (AvgIpc) is 3.11. The summed E-state index contributed by atoms with van der Waals surface area (Å²) in [5, 5.41) is 0.476. The molecule has 3 rings (SSSR count). The number of carbonyl (C=O) groups excluding carboxylic acids is 1. The number of rotatable bonds is 5. The van der Waals surface area contributed by atoms with Crippen molar-refractivity contribution in [2.24, 2.45) is 0 Å². The predicted octanol–water partition coefficient (Wildman–Crippen LogP) is 1.61. The van der Waals surface area contributed by atoms with E-state index in [1.807, 2.05) is 4.90 Å². The van der Waals surface area contributed by atoms with Gasteiger partial charge in [-0.05, 0) is 6.92 Å². The number of anilines is 1. The molecule has 0 spiro atoms. The molecule has 0 bridgehead atoms. The highest BCUT2D eigenvalue weighted by molar-refractivity contribution is 7.89. The second kappa shape index (κ2) is 8.41. The van der Waals surface area contributed by atoms with Crippen molar-refractivity contribution in [3.8, 4) is 0 Å². The van der Waals surface area contributed by atoms with E-state index in [1.165, 1.54) is 11.8 Å². The maximum absolute atomic E-state index is 13.7. The third-order valence-corrected chi connectivity index (χ3v) is 6.49. The summed E-state index contributed by atoms with van der Waals surface area (Å²) in [6, 6.07) is 0. The highest BCUT2D eigenvalue weighted by Crippen LogP contribution is 2.28. The first-order chi connectivity index (χ1) is 14.0. The van der Waals surface area contributed by atoms with Crippen LogP contribution < -0.4 is 15.2 Å². The molecular weight excluding hydrogens is 459 g/mol. The largest absolute Gasteiger partial charge is 0.378 e. The molecule has 164 valence electrons. The minimum absolute atomic E-state index is 0.0170. The molecule has 0 saturated carbocycles. The van der Waals surface area contributed by atoms with Gasteiger partial charge in [0.2, 0.25) is 5.82 Å². The third-order valence-electron chi connectivity index (χ3n) is 4.01. The Hall–Kier alpha value is -2.36. The predicted molar refractivity (Wildman–Crippen MR) is 93.9 cm³/mol. The number of nitrogens with zero attached hydrogens (tertiary/aromatic N) is 2. The fourth-order valence-electron chi connectivity index (χ4n) is 2.52. The van der Waals surface area contributed by atoms with Gasteiger partial charge in [-0.25, -0.2) is 35.4 Å². The fourth-order valence-corrected chi connectivity index (χ4v) is 4.52. The number of thiazole rings is 1. The van der Waals surface area contributed by atoms with Crippen LogP contribution in [0.1, 0.15) is 15.4 Å². The van der Waals surface area contributed by atoms with Crippen LogP contribution in [0.25, 0.3) is 0 Å². The van der Waals surface area contributed by atoms with Crippen LogP contribution in [-0.4, -0.2) is 45.6 Å². The zero-order valence-corrected chi connectivity index (χ0v) is 16.7. The maximum atomic E-state index is 13.7. The van der Waals surface area contributed by atoms with Crippen molar-refractivity contribution < 1.29 is 39.9 Å². The lowest BCUT2D eigenvalue weighted by Crippen LogP contribution is -2.42. The van der Waals surface area contributed by atoms with Crippen LogP contribution in [0.3, 0.4) is 0 Å². The Kier molecular flexibility index (Phi) is 6.26. The second-order valence-corrected chi connectivity index (χ2v) is 8.57. The van der Waals surface area contributed by atoms with Crippen molar-refractivity contribution in [3.63, 3.8) is 0 Å². The molecule has 15 heteroatoms. The molecular formula is C15H13F5N4O4S2. The van der Waals surface area contributed by atoms with E-state index >= 15 is 0 Å². The average molecular weight is 472 g/mol. The molecule has 2 heterocycles. The molecule has 0 atom stereocenters. The summed E-state index contributed by atoms with van der Waals surface area (Å²) in [6.07, 6.45) is 0. The van der Waals surface area contributed by atoms with Gasteiger partial charge in [-0.3, -0.25) is 10.2 Å². The quantitative estimate of drug-likeness (QED) is 0.297. The van der Waals surface area contributed by atoms with E-state index in [0.717, 1.165) is 11.3 Å². The van der Waals surface area contributed by atoms with Gasteiger partial charge in [0.1, 0.15) is 4.88 Å². The number of ether oxygens (including phenoxy) is 1. The van der Waals surface area contributed by atoms with Crippen LogP contribution in [0.5, 0.6) is 0 Å². The lowest BCUT2D eigenvalue weighted by Gasteiger charge is -2.25. The van der Waals surface area contributed by atoms with Gasteiger partial charge in [0.25, 0.3) is 15.9 Å². The van der Waals surface area contributed by atoms with Crippen LogP contribution in [0.2, 0.25) is 0 Å². The lowest BCUT2D eigenvalue weighted by atomic mass is 10.3. The maximum Gasteiger partial charge on any atom is 0.278 e. The Bertz CT molecular complexity index is 1070. The third kappa shape index (κ3) is 4.10. The topological polar surface area (TPSA) is 101 Å². The zero-order chi connectivity index (χ0) is 22.2. The molecule has 1 aliphatic heterocycles. The number of hydrazine groups is 1. The number of benzene rings is 1. The van der Waals surface area contributed by atoms with Crippen molar-refractivity contribution in [2.45, 2.75) is 11.8 Å². The Morgan fingerprint density at radius 2 is 1.57 bits per heavy atom. The second-order valence-electron chi connectivity index (χ2n) is 5.97. The molecule has 30 heavy (non-hydrogen) atoms. The summed E-state index contributed by atoms with van der Waals surface area (Å²) in [7, 11) is -5.33. The minimum atomic E-state index is -5.33. The summed E-state index contributed by atoms with van der Waals surface area (Å²) >= 11 is 0.928. The van der Waals surface area contributed by atoms with Crippen molar-refractivity contribution in [1.82, 2.24) is 15.2 Å². The first kappa shape index (κ1) is 22.3. The molecule has 0 unspecified atom stereocenters. The smallest absolute Gasteiger partial charge is 0.278 e. The molecule has 2 aromatic rings. The van der Waals surface area contributed by atoms with Gasteiger partial charge >= 0.3 is 0 Å². The Labute approximate surface area is 170 Å². The summed E-state index contributed by atoms with van der Waals surface area (Å²) in [5.74, 6) is -13.5. The SMILES string of the molecule is Cc1nc(N2CCOCC2)sc1C(=O)NNS(=O)(=O)c1c(F)c(F)c(F)c(F)c1F. The van der Waals surface area contributed by atoms with Crippen molar-refractivity contribution in [3.05, 3.63) is 39.7 Å². The van der Waals surface area contributed by atoms with Crippen LogP contribution in [0, 0.1) is 36.0 Å². The molecule has 1 fully saturated rings. The van der Waals surface area contributed by atoms with Gasteiger partial charge in [0, 0.05) is 13.1 Å². The molecule has 2 N–H and O–H groups in total. The summed E-state index contributed by atoms with van der Waals surface area (Å²) < 4.78 is 96.5. The molecule has 0 radical (unpaired) electrons. The van der Waals surface area contributed by atoms with Gasteiger partial charge in [-0.2, -0.15) is 0 Å². The van der Waals surface area contributed by atoms with Gasteiger partial charge < -0.3 is 9.64 Å². The number of morpholine rings is 1. The Balaban J connectivity index is 1.80. The summed E-state index contributed by atoms with van der Waals surface area (Å²) in [6.45, 7) is 3.46. The molecule has 1 amide bonds. The van der Waals surface area contributed by atoms with E-state index in [9.17, 15) is 35.2 Å². The standard InChI is InChI=1S/C15H13F5N4O4S2/c1-6-12(29-15(21-6)24-2-4-28-5-3-24)14(25)22-23-30(26,27)13-10(19)8(17)7(16)9(18)11(13)20/h23H,2-5H2,1H3,(H,22,25). The zero-order valence-electron chi connectivity index (χ0n) is 15.1. The number of halogens is 5. The van der Waals surface area contributed by atoms with E-state index < -0.39 is 49.9 Å². The normalized spacial score (nSPS) is 14.8. The van der Waals surface area contributed by atoms with E-state index in [-0.39, 0.29) is 10.6 Å².